The van der Waals surface area contributed by atoms with Crippen LogP contribution < -0.4 is 20.1 Å². The van der Waals surface area contributed by atoms with Gasteiger partial charge >= 0.3 is 6.03 Å². The van der Waals surface area contributed by atoms with E-state index in [9.17, 15) is 14.4 Å². The summed E-state index contributed by atoms with van der Waals surface area (Å²) < 4.78 is 10.5. The Morgan fingerprint density at radius 2 is 1.78 bits per heavy atom. The number of hydrogen-bond acceptors (Lipinski definition) is 5. The first kappa shape index (κ1) is 22.0. The minimum Gasteiger partial charge on any atom is -0.454 e. The molecule has 0 spiro atoms. The lowest BCUT2D eigenvalue weighted by Gasteiger charge is -2.24. The number of anilines is 1. The number of imide groups is 1. The molecule has 0 unspecified atom stereocenters. The number of urea groups is 1. The number of rotatable bonds is 4. The maximum Gasteiger partial charge on any atom is 0.325 e. The van der Waals surface area contributed by atoms with E-state index in [2.05, 4.69) is 31.4 Å². The van der Waals surface area contributed by atoms with E-state index in [1.165, 1.54) is 12.1 Å². The number of nitrogens with zero attached hydrogens (tertiary/aromatic N) is 1. The van der Waals surface area contributed by atoms with Crippen LogP contribution in [0.4, 0.5) is 10.5 Å². The first-order chi connectivity index (χ1) is 15.0. The Kier molecular flexibility index (Phi) is 5.29. The Morgan fingerprint density at radius 1 is 1.16 bits per heavy atom. The zero-order chi connectivity index (χ0) is 23.3. The van der Waals surface area contributed by atoms with Gasteiger partial charge in [0.1, 0.15) is 12.1 Å². The fraction of sp³-hybridized carbons (Fsp3) is 0.348. The summed E-state index contributed by atoms with van der Waals surface area (Å²) >= 11 is 6.19. The van der Waals surface area contributed by atoms with Crippen molar-refractivity contribution in [1.29, 1.82) is 0 Å². The van der Waals surface area contributed by atoms with Crippen LogP contribution in [0.25, 0.3) is 0 Å². The van der Waals surface area contributed by atoms with E-state index in [-0.39, 0.29) is 17.2 Å². The van der Waals surface area contributed by atoms with Crippen LogP contribution in [0.1, 0.15) is 38.8 Å². The van der Waals surface area contributed by atoms with Crippen LogP contribution in [0.15, 0.2) is 36.4 Å². The molecule has 8 nitrogen and oxygen atoms in total. The lowest BCUT2D eigenvalue weighted by atomic mass is 9.84. The van der Waals surface area contributed by atoms with E-state index in [0.717, 1.165) is 10.5 Å². The van der Waals surface area contributed by atoms with E-state index in [4.69, 9.17) is 21.1 Å². The van der Waals surface area contributed by atoms with Crippen molar-refractivity contribution in [3.63, 3.8) is 0 Å². The van der Waals surface area contributed by atoms with Gasteiger partial charge in [-0.25, -0.2) is 4.79 Å². The van der Waals surface area contributed by atoms with Crippen LogP contribution in [0.3, 0.4) is 0 Å². The smallest absolute Gasteiger partial charge is 0.325 e. The molecular weight excluding hydrogens is 434 g/mol. The molecule has 2 aromatic rings. The quantitative estimate of drug-likeness (QED) is 0.681. The predicted octanol–water partition coefficient (Wildman–Crippen LogP) is 3.77. The van der Waals surface area contributed by atoms with Crippen molar-refractivity contribution in [2.24, 2.45) is 0 Å². The van der Waals surface area contributed by atoms with E-state index < -0.39 is 29.9 Å². The van der Waals surface area contributed by atoms with Crippen LogP contribution in [-0.4, -0.2) is 36.1 Å². The number of fused-ring (bicyclic) bond motifs is 1. The van der Waals surface area contributed by atoms with E-state index in [1.807, 2.05) is 24.3 Å². The normalized spacial score (nSPS) is 19.8. The number of carbonyl (C=O) groups is 3. The molecule has 2 aliphatic heterocycles. The van der Waals surface area contributed by atoms with Gasteiger partial charge in [-0.05, 0) is 23.5 Å². The number of hydrogen-bond donors (Lipinski definition) is 2. The Morgan fingerprint density at radius 3 is 2.41 bits per heavy atom. The van der Waals surface area contributed by atoms with Crippen LogP contribution >= 0.6 is 11.6 Å². The summed E-state index contributed by atoms with van der Waals surface area (Å²) in [5, 5.41) is 5.59. The second-order valence-electron chi connectivity index (χ2n) is 9.01. The van der Waals surface area contributed by atoms with Gasteiger partial charge in [0, 0.05) is 12.1 Å². The minimum atomic E-state index is -1.26. The monoisotopic (exact) mass is 457 g/mol. The van der Waals surface area contributed by atoms with Crippen molar-refractivity contribution in [2.45, 2.75) is 38.6 Å². The van der Waals surface area contributed by atoms with Gasteiger partial charge in [-0.1, -0.05) is 56.6 Å². The highest BCUT2D eigenvalue weighted by Crippen LogP contribution is 2.39. The molecule has 0 aliphatic carbocycles. The van der Waals surface area contributed by atoms with Crippen LogP contribution in [0, 0.1) is 0 Å². The Hall–Kier alpha value is -3.26. The third kappa shape index (κ3) is 3.86. The molecule has 168 valence electrons. The van der Waals surface area contributed by atoms with Crippen molar-refractivity contribution in [3.05, 3.63) is 52.5 Å². The molecule has 4 rings (SSSR count). The maximum absolute atomic E-state index is 13.1. The van der Waals surface area contributed by atoms with Crippen molar-refractivity contribution in [1.82, 2.24) is 10.2 Å². The summed E-state index contributed by atoms with van der Waals surface area (Å²) in [5.74, 6) is -0.138. The molecule has 0 bridgehead atoms. The predicted molar refractivity (Wildman–Crippen MR) is 119 cm³/mol. The lowest BCUT2D eigenvalue weighted by Crippen LogP contribution is -2.42. The van der Waals surface area contributed by atoms with Gasteiger partial charge in [0.15, 0.2) is 11.5 Å². The standard InChI is InChI=1S/C23H24ClN3O5/c1-22(2,3)13-5-7-14(8-6-13)23(4)20(29)27(21(30)26-23)11-19(28)25-16-10-18-17(9-15(16)24)31-12-32-18/h5-10H,11-12H2,1-4H3,(H,25,28)(H,26,30)/t23-/m0/s1. The van der Waals surface area contributed by atoms with Gasteiger partial charge in [-0.15, -0.1) is 0 Å². The zero-order valence-corrected chi connectivity index (χ0v) is 19.0. The maximum atomic E-state index is 13.1. The third-order valence-corrected chi connectivity index (χ3v) is 5.95. The molecule has 4 amide bonds. The number of benzene rings is 2. The number of carbonyl (C=O) groups excluding carboxylic acids is 3. The van der Waals surface area contributed by atoms with Crippen LogP contribution in [0.5, 0.6) is 11.5 Å². The number of halogens is 1. The first-order valence-corrected chi connectivity index (χ1v) is 10.5. The highest BCUT2D eigenvalue weighted by atomic mass is 35.5. The second-order valence-corrected chi connectivity index (χ2v) is 9.41. The molecule has 0 radical (unpaired) electrons. The minimum absolute atomic E-state index is 0.0392. The molecular formula is C23H24ClN3O5. The molecule has 0 aromatic heterocycles. The van der Waals surface area contributed by atoms with Crippen molar-refractivity contribution < 1.29 is 23.9 Å². The molecule has 2 heterocycles. The van der Waals surface area contributed by atoms with Crippen molar-refractivity contribution in [3.8, 4) is 11.5 Å². The third-order valence-electron chi connectivity index (χ3n) is 5.64. The summed E-state index contributed by atoms with van der Waals surface area (Å²) in [6.07, 6.45) is 0. The summed E-state index contributed by atoms with van der Waals surface area (Å²) in [4.78, 5) is 39.2. The second kappa shape index (κ2) is 7.70. The van der Waals surface area contributed by atoms with E-state index in [0.29, 0.717) is 22.7 Å². The summed E-state index contributed by atoms with van der Waals surface area (Å²) in [5.41, 5.74) is 0.754. The number of ether oxygens (including phenoxy) is 2. The average Bonchev–Trinajstić information content (AvgIpc) is 3.25. The van der Waals surface area contributed by atoms with Crippen LogP contribution in [0.2, 0.25) is 5.02 Å². The Labute approximate surface area is 190 Å². The Balaban J connectivity index is 1.49. The lowest BCUT2D eigenvalue weighted by molar-refractivity contribution is -0.133. The largest absolute Gasteiger partial charge is 0.454 e. The van der Waals surface area contributed by atoms with Gasteiger partial charge in [0.25, 0.3) is 5.91 Å². The molecule has 0 saturated carbocycles. The molecule has 2 aliphatic rings. The van der Waals surface area contributed by atoms with Gasteiger partial charge in [0.05, 0.1) is 10.7 Å². The SMILES string of the molecule is CC(C)(C)c1ccc([C@]2(C)NC(=O)N(CC(=O)Nc3cc4c(cc3Cl)OCO4)C2=O)cc1. The fourth-order valence-corrected chi connectivity index (χ4v) is 3.89. The van der Waals surface area contributed by atoms with Crippen molar-refractivity contribution >= 4 is 35.1 Å². The number of nitrogens with one attached hydrogen (secondary N) is 2. The van der Waals surface area contributed by atoms with Crippen LogP contribution in [-0.2, 0) is 20.5 Å². The topological polar surface area (TPSA) is 97.0 Å². The van der Waals surface area contributed by atoms with Gasteiger partial charge in [-0.3, -0.25) is 14.5 Å². The average molecular weight is 458 g/mol. The van der Waals surface area contributed by atoms with Crippen molar-refractivity contribution in [2.75, 3.05) is 18.7 Å². The molecule has 1 saturated heterocycles. The highest BCUT2D eigenvalue weighted by Gasteiger charge is 2.49. The van der Waals surface area contributed by atoms with Gasteiger partial charge < -0.3 is 20.1 Å². The summed E-state index contributed by atoms with van der Waals surface area (Å²) in [7, 11) is 0. The molecule has 1 atom stereocenters. The van der Waals surface area contributed by atoms with E-state index >= 15 is 0 Å². The Bertz CT molecular complexity index is 1110. The molecule has 32 heavy (non-hydrogen) atoms. The summed E-state index contributed by atoms with van der Waals surface area (Å²) in [6.45, 7) is 7.54. The van der Waals surface area contributed by atoms with E-state index in [1.54, 1.807) is 6.92 Å². The molecule has 1 fully saturated rings. The van der Waals surface area contributed by atoms with Gasteiger partial charge in [-0.2, -0.15) is 0 Å². The summed E-state index contributed by atoms with van der Waals surface area (Å²) in [6, 6.07) is 9.97. The molecule has 9 heteroatoms. The zero-order valence-electron chi connectivity index (χ0n) is 18.2. The van der Waals surface area contributed by atoms with Gasteiger partial charge in [0.2, 0.25) is 12.7 Å². The highest BCUT2D eigenvalue weighted by molar-refractivity contribution is 6.34. The molecule has 2 N–H and O–H groups in total. The fourth-order valence-electron chi connectivity index (χ4n) is 3.69. The number of amides is 4. The first-order valence-electron chi connectivity index (χ1n) is 10.1. The molecule has 2 aromatic carbocycles.